The molecule has 1 aliphatic rings. The van der Waals surface area contributed by atoms with Crippen molar-refractivity contribution in [3.8, 4) is 11.3 Å². The van der Waals surface area contributed by atoms with Crippen molar-refractivity contribution >= 4 is 34.0 Å². The van der Waals surface area contributed by atoms with Crippen LogP contribution in [0.2, 0.25) is 0 Å². The first-order valence-corrected chi connectivity index (χ1v) is 11.8. The summed E-state index contributed by atoms with van der Waals surface area (Å²) in [6.45, 7) is 3.50. The molecule has 184 valence electrons. The molecule has 0 saturated heterocycles. The van der Waals surface area contributed by atoms with E-state index in [1.165, 1.54) is 12.1 Å². The zero-order chi connectivity index (χ0) is 25.2. The molecule has 10 heteroatoms. The maximum atomic E-state index is 14.0. The van der Waals surface area contributed by atoms with Gasteiger partial charge in [0.25, 0.3) is 5.56 Å². The fourth-order valence-electron chi connectivity index (χ4n) is 4.74. The first-order chi connectivity index (χ1) is 17.4. The number of rotatable bonds is 6. The van der Waals surface area contributed by atoms with Crippen molar-refractivity contribution in [3.05, 3.63) is 77.4 Å². The van der Waals surface area contributed by atoms with E-state index in [1.807, 2.05) is 24.3 Å². The second kappa shape index (κ2) is 9.65. The van der Waals surface area contributed by atoms with Crippen LogP contribution < -0.4 is 21.9 Å². The van der Waals surface area contributed by atoms with E-state index < -0.39 is 0 Å². The summed E-state index contributed by atoms with van der Waals surface area (Å²) in [6.07, 6.45) is 4.27. The average molecular weight is 488 g/mol. The standard InChI is InChI=1S/C26H26FN7O2/c1-2-21(35)30-17-11-13-18(14-12-17)34-24-22(25(28)31-32-26(24)36)23(33-34)15-7-9-16(10-8-15)29-20-6-4-3-5-19(20)27/h2-10,17-18,29H,1,11-14H2,(H2,28,31)(H,30,35)(H,32,36). The number of hydrogen-bond donors (Lipinski definition) is 4. The molecule has 2 aromatic carbocycles. The van der Waals surface area contributed by atoms with Crippen LogP contribution in [0.3, 0.4) is 0 Å². The van der Waals surface area contributed by atoms with Gasteiger partial charge in [0.1, 0.15) is 17.0 Å². The maximum Gasteiger partial charge on any atom is 0.290 e. The van der Waals surface area contributed by atoms with Crippen molar-refractivity contribution in [2.24, 2.45) is 0 Å². The second-order valence-corrected chi connectivity index (χ2v) is 8.86. The van der Waals surface area contributed by atoms with E-state index in [0.29, 0.717) is 28.0 Å². The van der Waals surface area contributed by atoms with E-state index in [9.17, 15) is 14.0 Å². The van der Waals surface area contributed by atoms with E-state index in [4.69, 9.17) is 10.8 Å². The molecule has 0 spiro atoms. The Balaban J connectivity index is 1.46. The Morgan fingerprint density at radius 2 is 1.86 bits per heavy atom. The van der Waals surface area contributed by atoms with E-state index in [1.54, 1.807) is 22.9 Å². The lowest BCUT2D eigenvalue weighted by atomic mass is 9.91. The van der Waals surface area contributed by atoms with Gasteiger partial charge in [-0.15, -0.1) is 0 Å². The zero-order valence-corrected chi connectivity index (χ0v) is 19.5. The van der Waals surface area contributed by atoms with Crippen LogP contribution in [0.25, 0.3) is 22.2 Å². The molecule has 5 rings (SSSR count). The highest BCUT2D eigenvalue weighted by atomic mass is 19.1. The molecule has 1 fully saturated rings. The predicted octanol–water partition coefficient (Wildman–Crippen LogP) is 4.04. The third-order valence-electron chi connectivity index (χ3n) is 6.55. The fourth-order valence-corrected chi connectivity index (χ4v) is 4.74. The average Bonchev–Trinajstić information content (AvgIpc) is 3.30. The summed E-state index contributed by atoms with van der Waals surface area (Å²) < 4.78 is 15.8. The Bertz CT molecular complexity index is 1480. The first-order valence-electron chi connectivity index (χ1n) is 11.8. The van der Waals surface area contributed by atoms with Gasteiger partial charge in [0.05, 0.1) is 17.1 Å². The lowest BCUT2D eigenvalue weighted by Gasteiger charge is -2.29. The molecule has 0 aliphatic heterocycles. The smallest absolute Gasteiger partial charge is 0.290 e. The number of nitrogens with one attached hydrogen (secondary N) is 3. The number of carbonyl (C=O) groups excluding carboxylic acids is 1. The van der Waals surface area contributed by atoms with Gasteiger partial charge in [0, 0.05) is 17.3 Å². The molecule has 0 unspecified atom stereocenters. The van der Waals surface area contributed by atoms with Gasteiger partial charge in [-0.2, -0.15) is 10.2 Å². The number of anilines is 3. The molecule has 9 nitrogen and oxygen atoms in total. The number of H-pyrrole nitrogens is 1. The topological polar surface area (TPSA) is 131 Å². The molecule has 2 heterocycles. The van der Waals surface area contributed by atoms with Crippen molar-refractivity contribution < 1.29 is 9.18 Å². The zero-order valence-electron chi connectivity index (χ0n) is 19.5. The maximum absolute atomic E-state index is 14.0. The molecule has 1 aliphatic carbocycles. The number of hydrogen-bond acceptors (Lipinski definition) is 6. The van der Waals surface area contributed by atoms with E-state index in [-0.39, 0.29) is 35.2 Å². The number of halogens is 1. The van der Waals surface area contributed by atoms with Gasteiger partial charge in [-0.25, -0.2) is 9.49 Å². The third kappa shape index (κ3) is 4.45. The Hall–Kier alpha value is -4.47. The predicted molar refractivity (Wildman–Crippen MR) is 137 cm³/mol. The van der Waals surface area contributed by atoms with Gasteiger partial charge >= 0.3 is 0 Å². The van der Waals surface area contributed by atoms with Crippen molar-refractivity contribution in [2.75, 3.05) is 11.1 Å². The van der Waals surface area contributed by atoms with Crippen LogP contribution in [0.5, 0.6) is 0 Å². The van der Waals surface area contributed by atoms with Gasteiger partial charge in [-0.3, -0.25) is 14.3 Å². The second-order valence-electron chi connectivity index (χ2n) is 8.86. The number of aromatic amines is 1. The summed E-state index contributed by atoms with van der Waals surface area (Å²) in [6, 6.07) is 13.8. The van der Waals surface area contributed by atoms with Gasteiger partial charge in [0.2, 0.25) is 5.91 Å². The van der Waals surface area contributed by atoms with E-state index in [2.05, 4.69) is 27.4 Å². The molecule has 0 radical (unpaired) electrons. The molecule has 2 aromatic heterocycles. The Labute approximate surface area is 206 Å². The SMILES string of the molecule is C=CC(=O)NC1CCC(n2nc(-c3ccc(Nc4ccccc4F)cc3)c3c(N)n[nH]c(=O)c32)CC1. The minimum Gasteiger partial charge on any atom is -0.382 e. The van der Waals surface area contributed by atoms with E-state index >= 15 is 0 Å². The van der Waals surface area contributed by atoms with Crippen LogP contribution in [0.4, 0.5) is 21.6 Å². The molecule has 36 heavy (non-hydrogen) atoms. The molecular weight excluding hydrogens is 461 g/mol. The van der Waals surface area contributed by atoms with E-state index in [0.717, 1.165) is 31.2 Å². The Kier molecular flexibility index (Phi) is 6.24. The molecular formula is C26H26FN7O2. The van der Waals surface area contributed by atoms with Gasteiger partial charge in [-0.1, -0.05) is 30.8 Å². The number of fused-ring (bicyclic) bond motifs is 1. The van der Waals surface area contributed by atoms with Crippen molar-refractivity contribution in [1.29, 1.82) is 0 Å². The summed E-state index contributed by atoms with van der Waals surface area (Å²) in [4.78, 5) is 24.5. The Morgan fingerprint density at radius 1 is 1.14 bits per heavy atom. The number of nitrogens with zero attached hydrogens (tertiary/aromatic N) is 3. The highest BCUT2D eigenvalue weighted by Crippen LogP contribution is 2.36. The minimum absolute atomic E-state index is 0.0250. The summed E-state index contributed by atoms with van der Waals surface area (Å²) in [5, 5.41) is 17.8. The number of aromatic nitrogens is 4. The highest BCUT2D eigenvalue weighted by Gasteiger charge is 2.28. The van der Waals surface area contributed by atoms with Crippen molar-refractivity contribution in [1.82, 2.24) is 25.3 Å². The van der Waals surface area contributed by atoms with Gasteiger partial charge in [0.15, 0.2) is 5.82 Å². The van der Waals surface area contributed by atoms with Crippen LogP contribution >= 0.6 is 0 Å². The lowest BCUT2D eigenvalue weighted by molar-refractivity contribution is -0.117. The number of nitrogen functional groups attached to an aromatic ring is 1. The van der Waals surface area contributed by atoms with Crippen LogP contribution in [-0.2, 0) is 4.79 Å². The minimum atomic E-state index is -0.363. The Morgan fingerprint density at radius 3 is 2.56 bits per heavy atom. The monoisotopic (exact) mass is 487 g/mol. The van der Waals surface area contributed by atoms with Crippen LogP contribution in [0, 0.1) is 5.82 Å². The summed E-state index contributed by atoms with van der Waals surface area (Å²) >= 11 is 0. The molecule has 0 atom stereocenters. The molecule has 4 aromatic rings. The lowest BCUT2D eigenvalue weighted by Crippen LogP contribution is -2.37. The normalized spacial score (nSPS) is 17.6. The molecule has 1 amide bonds. The van der Waals surface area contributed by atoms with Crippen LogP contribution in [-0.4, -0.2) is 31.9 Å². The molecule has 0 bridgehead atoms. The largest absolute Gasteiger partial charge is 0.382 e. The number of carbonyl (C=O) groups is 1. The van der Waals surface area contributed by atoms with Gasteiger partial charge < -0.3 is 16.4 Å². The summed E-state index contributed by atoms with van der Waals surface area (Å²) in [7, 11) is 0. The first kappa shape index (κ1) is 23.3. The van der Waals surface area contributed by atoms with Crippen molar-refractivity contribution in [3.63, 3.8) is 0 Å². The summed E-state index contributed by atoms with van der Waals surface area (Å²) in [5.74, 6) is -0.344. The number of amides is 1. The number of nitrogens with two attached hydrogens (primary N) is 1. The number of benzene rings is 2. The van der Waals surface area contributed by atoms with Crippen LogP contribution in [0.15, 0.2) is 66.0 Å². The third-order valence-corrected chi connectivity index (χ3v) is 6.55. The molecule has 1 saturated carbocycles. The number of para-hydroxylation sites is 1. The quantitative estimate of drug-likeness (QED) is 0.304. The highest BCUT2D eigenvalue weighted by molar-refractivity contribution is 5.99. The summed E-state index contributed by atoms with van der Waals surface area (Å²) in [5.41, 5.74) is 8.61. The molecule has 5 N–H and O–H groups in total. The van der Waals surface area contributed by atoms with Crippen molar-refractivity contribution in [2.45, 2.75) is 37.8 Å². The fraction of sp³-hybridized carbons (Fsp3) is 0.231. The van der Waals surface area contributed by atoms with Gasteiger partial charge in [-0.05, 0) is 56.0 Å². The van der Waals surface area contributed by atoms with Crippen LogP contribution in [0.1, 0.15) is 31.7 Å².